The lowest BCUT2D eigenvalue weighted by Gasteiger charge is -2.26. The lowest BCUT2D eigenvalue weighted by atomic mass is 9.95. The Morgan fingerprint density at radius 3 is 2.39 bits per heavy atom. The van der Waals surface area contributed by atoms with E-state index in [0.717, 1.165) is 15.6 Å². The van der Waals surface area contributed by atoms with Crippen LogP contribution >= 0.6 is 27.3 Å². The summed E-state index contributed by atoms with van der Waals surface area (Å²) in [4.78, 5) is 32.7. The van der Waals surface area contributed by atoms with Crippen LogP contribution in [0.15, 0.2) is 86.2 Å². The van der Waals surface area contributed by atoms with Crippen molar-refractivity contribution in [2.45, 2.75) is 46.4 Å². The molecule has 10 heteroatoms. The van der Waals surface area contributed by atoms with Crippen molar-refractivity contribution >= 4 is 39.3 Å². The standard InChI is InChI=1S/C34H33BrN2O6S/c1-19(2)43-33(39)30-21(4)36-34-37(31(30)25-17-24(35)12-14-26(25)40-5)32(38)29(44-34)16-23-11-13-27(28(15-23)41-6)42-18-22-9-7-20(3)8-10-22/h7-17,19,31H,18H2,1-6H3/b29-16-/t31-/m0/s1. The van der Waals surface area contributed by atoms with Crippen LogP contribution in [0.25, 0.3) is 6.08 Å². The molecule has 1 aliphatic rings. The van der Waals surface area contributed by atoms with E-state index in [1.807, 2.05) is 61.5 Å². The van der Waals surface area contributed by atoms with Gasteiger partial charge in [0.15, 0.2) is 16.3 Å². The Morgan fingerprint density at radius 2 is 1.70 bits per heavy atom. The molecule has 8 nitrogen and oxygen atoms in total. The summed E-state index contributed by atoms with van der Waals surface area (Å²) in [7, 11) is 3.14. The molecule has 0 unspecified atom stereocenters. The van der Waals surface area contributed by atoms with Crippen LogP contribution in [0.4, 0.5) is 0 Å². The van der Waals surface area contributed by atoms with Gasteiger partial charge in [0, 0.05) is 10.0 Å². The number of ether oxygens (including phenoxy) is 4. The Morgan fingerprint density at radius 1 is 1.00 bits per heavy atom. The fourth-order valence-corrected chi connectivity index (χ4v) is 6.39. The van der Waals surface area contributed by atoms with Gasteiger partial charge in [-0.15, -0.1) is 0 Å². The second kappa shape index (κ2) is 13.2. The molecular formula is C34H33BrN2O6S. The number of esters is 1. The predicted molar refractivity (Wildman–Crippen MR) is 174 cm³/mol. The van der Waals surface area contributed by atoms with Crippen molar-refractivity contribution in [2.24, 2.45) is 4.99 Å². The average molecular weight is 678 g/mol. The zero-order valence-electron chi connectivity index (χ0n) is 25.3. The molecule has 5 rings (SSSR count). The Bertz CT molecular complexity index is 1920. The third kappa shape index (κ3) is 6.51. The minimum atomic E-state index is -0.806. The number of nitrogens with zero attached hydrogens (tertiary/aromatic N) is 2. The zero-order valence-corrected chi connectivity index (χ0v) is 27.7. The molecule has 3 aromatic carbocycles. The van der Waals surface area contributed by atoms with Crippen molar-refractivity contribution in [1.29, 1.82) is 0 Å². The van der Waals surface area contributed by atoms with Gasteiger partial charge in [-0.3, -0.25) is 9.36 Å². The molecule has 0 bridgehead atoms. The maximum absolute atomic E-state index is 14.1. The topological polar surface area (TPSA) is 88.4 Å². The van der Waals surface area contributed by atoms with Gasteiger partial charge < -0.3 is 18.9 Å². The highest BCUT2D eigenvalue weighted by Crippen LogP contribution is 2.37. The first-order chi connectivity index (χ1) is 21.1. The molecule has 44 heavy (non-hydrogen) atoms. The molecule has 4 aromatic rings. The summed E-state index contributed by atoms with van der Waals surface area (Å²) in [6.07, 6.45) is 1.44. The van der Waals surface area contributed by atoms with Crippen molar-refractivity contribution in [3.63, 3.8) is 0 Å². The van der Waals surface area contributed by atoms with E-state index in [-0.39, 0.29) is 17.2 Å². The normalized spacial score (nSPS) is 14.7. The summed E-state index contributed by atoms with van der Waals surface area (Å²) < 4.78 is 25.7. The van der Waals surface area contributed by atoms with E-state index in [9.17, 15) is 9.59 Å². The Labute approximate surface area is 268 Å². The molecule has 0 saturated heterocycles. The maximum Gasteiger partial charge on any atom is 0.338 e. The van der Waals surface area contributed by atoms with E-state index in [2.05, 4.69) is 20.9 Å². The number of aromatic nitrogens is 1. The van der Waals surface area contributed by atoms with Gasteiger partial charge in [0.05, 0.1) is 36.1 Å². The maximum atomic E-state index is 14.1. The van der Waals surface area contributed by atoms with Crippen molar-refractivity contribution in [3.05, 3.63) is 118 Å². The Hall–Kier alpha value is -4.15. The van der Waals surface area contributed by atoms with Crippen LogP contribution in [-0.2, 0) is 16.1 Å². The largest absolute Gasteiger partial charge is 0.496 e. The van der Waals surface area contributed by atoms with E-state index >= 15 is 0 Å². The molecule has 0 radical (unpaired) electrons. The van der Waals surface area contributed by atoms with E-state index in [4.69, 9.17) is 18.9 Å². The van der Waals surface area contributed by atoms with Crippen LogP contribution < -0.4 is 29.1 Å². The minimum absolute atomic E-state index is 0.283. The molecule has 0 N–H and O–H groups in total. The molecule has 1 atom stereocenters. The van der Waals surface area contributed by atoms with Crippen LogP contribution in [-0.4, -0.2) is 30.9 Å². The monoisotopic (exact) mass is 676 g/mol. The van der Waals surface area contributed by atoms with Crippen molar-refractivity contribution in [3.8, 4) is 17.2 Å². The van der Waals surface area contributed by atoms with Gasteiger partial charge >= 0.3 is 5.97 Å². The lowest BCUT2D eigenvalue weighted by molar-refractivity contribution is -0.143. The van der Waals surface area contributed by atoms with Gasteiger partial charge in [0.1, 0.15) is 18.4 Å². The van der Waals surface area contributed by atoms with Crippen LogP contribution in [0.5, 0.6) is 17.2 Å². The number of thiazole rings is 1. The first kappa shape index (κ1) is 31.3. The molecule has 1 aromatic heterocycles. The van der Waals surface area contributed by atoms with Crippen molar-refractivity contribution < 1.29 is 23.7 Å². The van der Waals surface area contributed by atoms with Crippen molar-refractivity contribution in [2.75, 3.05) is 14.2 Å². The van der Waals surface area contributed by atoms with Gasteiger partial charge in [-0.25, -0.2) is 9.79 Å². The highest BCUT2D eigenvalue weighted by atomic mass is 79.9. The van der Waals surface area contributed by atoms with E-state index in [1.54, 1.807) is 51.7 Å². The fourth-order valence-electron chi connectivity index (χ4n) is 4.96. The third-order valence-corrected chi connectivity index (χ3v) is 8.55. The van der Waals surface area contributed by atoms with E-state index < -0.39 is 12.0 Å². The minimum Gasteiger partial charge on any atom is -0.496 e. The van der Waals surface area contributed by atoms with Gasteiger partial charge in [-0.1, -0.05) is 63.2 Å². The number of allylic oxidation sites excluding steroid dienone is 1. The number of carbonyl (C=O) groups is 1. The lowest BCUT2D eigenvalue weighted by Crippen LogP contribution is -2.40. The summed E-state index contributed by atoms with van der Waals surface area (Å²) in [6, 6.07) is 18.4. The first-order valence-electron chi connectivity index (χ1n) is 14.0. The summed E-state index contributed by atoms with van der Waals surface area (Å²) in [6.45, 7) is 7.76. The molecule has 0 spiro atoms. The van der Waals surface area contributed by atoms with Crippen LogP contribution in [0.3, 0.4) is 0 Å². The van der Waals surface area contributed by atoms with E-state index in [0.29, 0.717) is 44.4 Å². The number of aryl methyl sites for hydroxylation is 1. The predicted octanol–water partition coefficient (Wildman–Crippen LogP) is 5.85. The Kier molecular flexibility index (Phi) is 9.41. The zero-order chi connectivity index (χ0) is 31.5. The Balaban J connectivity index is 1.58. The number of carbonyl (C=O) groups excluding carboxylic acids is 1. The SMILES string of the molecule is COc1cc(/C=c2\sc3n(c2=O)[C@@H](c2cc(Br)ccc2OC)C(C(=O)OC(C)C)=C(C)N=3)ccc1OCc1ccc(C)cc1. The third-order valence-electron chi connectivity index (χ3n) is 7.07. The molecule has 1 aliphatic heterocycles. The molecule has 0 amide bonds. The van der Waals surface area contributed by atoms with Crippen LogP contribution in [0, 0.1) is 6.92 Å². The molecule has 228 valence electrons. The molecule has 0 fully saturated rings. The summed E-state index contributed by atoms with van der Waals surface area (Å²) in [5, 5.41) is 0. The summed E-state index contributed by atoms with van der Waals surface area (Å²) in [5.74, 6) is 1.14. The van der Waals surface area contributed by atoms with Crippen molar-refractivity contribution in [1.82, 2.24) is 4.57 Å². The van der Waals surface area contributed by atoms with Gasteiger partial charge in [-0.2, -0.15) is 0 Å². The smallest absolute Gasteiger partial charge is 0.338 e. The highest BCUT2D eigenvalue weighted by molar-refractivity contribution is 9.10. The molecule has 2 heterocycles. The van der Waals surface area contributed by atoms with Gasteiger partial charge in [0.25, 0.3) is 5.56 Å². The second-order valence-corrected chi connectivity index (χ2v) is 12.5. The van der Waals surface area contributed by atoms with Crippen LogP contribution in [0.2, 0.25) is 0 Å². The highest BCUT2D eigenvalue weighted by Gasteiger charge is 2.35. The van der Waals surface area contributed by atoms with E-state index in [1.165, 1.54) is 16.9 Å². The molecular weight excluding hydrogens is 644 g/mol. The summed E-state index contributed by atoms with van der Waals surface area (Å²) in [5.41, 5.74) is 4.09. The number of methoxy groups -OCH3 is 2. The number of hydrogen-bond acceptors (Lipinski definition) is 8. The van der Waals surface area contributed by atoms with Gasteiger partial charge in [0.2, 0.25) is 0 Å². The van der Waals surface area contributed by atoms with Crippen LogP contribution in [0.1, 0.15) is 49.1 Å². The number of benzene rings is 3. The number of halogens is 1. The molecule has 0 aliphatic carbocycles. The summed E-state index contributed by atoms with van der Waals surface area (Å²) >= 11 is 4.78. The fraction of sp³-hybridized carbons (Fsp3) is 0.265. The number of rotatable bonds is 9. The average Bonchev–Trinajstić information content (AvgIpc) is 3.29. The number of hydrogen-bond donors (Lipinski definition) is 0. The molecule has 0 saturated carbocycles. The second-order valence-electron chi connectivity index (χ2n) is 10.6. The number of fused-ring (bicyclic) bond motifs is 1. The quantitative estimate of drug-likeness (QED) is 0.207. The van der Waals surface area contributed by atoms with Gasteiger partial charge in [-0.05, 0) is 75.2 Å². The first-order valence-corrected chi connectivity index (χ1v) is 15.6.